The van der Waals surface area contributed by atoms with Crippen molar-refractivity contribution in [2.24, 2.45) is 0 Å². The van der Waals surface area contributed by atoms with Gasteiger partial charge in [-0.05, 0) is 75.4 Å². The minimum atomic E-state index is -4.52. The normalized spacial score (nSPS) is 16.6. The predicted octanol–water partition coefficient (Wildman–Crippen LogP) is 4.96. The van der Waals surface area contributed by atoms with Crippen molar-refractivity contribution in [3.63, 3.8) is 0 Å². The SMILES string of the molecule is COC(=O)[C@H](Cc1ccc(C(F)(F)F)cc1)NC(=O)[C@@H](Cc1ccc(OCCOC2CCCCO2)cc1)NC(=O)OC(C)(C)C. The van der Waals surface area contributed by atoms with Crippen molar-refractivity contribution in [3.8, 4) is 5.75 Å². The van der Waals surface area contributed by atoms with E-state index in [4.69, 9.17) is 23.7 Å². The summed E-state index contributed by atoms with van der Waals surface area (Å²) in [5.74, 6) is -0.944. The number of carbonyl (C=O) groups excluding carboxylic acids is 3. The van der Waals surface area contributed by atoms with Crippen LogP contribution in [0.15, 0.2) is 48.5 Å². The van der Waals surface area contributed by atoms with Crippen molar-refractivity contribution in [1.29, 1.82) is 0 Å². The Morgan fingerprint density at radius 1 is 0.889 bits per heavy atom. The molecule has 13 heteroatoms. The van der Waals surface area contributed by atoms with Gasteiger partial charge in [0, 0.05) is 19.4 Å². The van der Waals surface area contributed by atoms with Crippen LogP contribution in [0.3, 0.4) is 0 Å². The second-order valence-corrected chi connectivity index (χ2v) is 11.5. The number of hydrogen-bond acceptors (Lipinski definition) is 8. The molecular formula is C32H41F3N2O8. The Bertz CT molecular complexity index is 1240. The van der Waals surface area contributed by atoms with Gasteiger partial charge in [0.2, 0.25) is 5.91 Å². The smallest absolute Gasteiger partial charge is 0.416 e. The van der Waals surface area contributed by atoms with E-state index in [0.29, 0.717) is 36.7 Å². The summed E-state index contributed by atoms with van der Waals surface area (Å²) in [6.45, 7) is 6.39. The minimum absolute atomic E-state index is 0.0294. The zero-order chi connectivity index (χ0) is 33.0. The van der Waals surface area contributed by atoms with Gasteiger partial charge in [-0.15, -0.1) is 0 Å². The number of amides is 2. The fourth-order valence-corrected chi connectivity index (χ4v) is 4.47. The van der Waals surface area contributed by atoms with Gasteiger partial charge in [-0.2, -0.15) is 13.2 Å². The molecule has 1 aliphatic rings. The number of methoxy groups -OCH3 is 1. The number of esters is 1. The van der Waals surface area contributed by atoms with Crippen molar-refractivity contribution in [2.45, 2.75) is 83.0 Å². The van der Waals surface area contributed by atoms with Gasteiger partial charge in [0.25, 0.3) is 0 Å². The Balaban J connectivity index is 1.66. The van der Waals surface area contributed by atoms with Crippen LogP contribution in [-0.4, -0.2) is 68.9 Å². The van der Waals surface area contributed by atoms with Crippen molar-refractivity contribution < 1.29 is 51.2 Å². The number of benzene rings is 2. The molecule has 1 aliphatic heterocycles. The number of rotatable bonds is 13. The summed E-state index contributed by atoms with van der Waals surface area (Å²) in [5, 5.41) is 5.12. The van der Waals surface area contributed by atoms with Gasteiger partial charge in [-0.25, -0.2) is 9.59 Å². The molecule has 3 atom stereocenters. The summed E-state index contributed by atoms with van der Waals surface area (Å²) >= 11 is 0. The zero-order valence-corrected chi connectivity index (χ0v) is 25.9. The van der Waals surface area contributed by atoms with Gasteiger partial charge in [0.05, 0.1) is 19.3 Å². The summed E-state index contributed by atoms with van der Waals surface area (Å²) in [5.41, 5.74) is -0.649. The third kappa shape index (κ3) is 12.6. The quantitative estimate of drug-likeness (QED) is 0.233. The first-order valence-corrected chi connectivity index (χ1v) is 14.7. The molecule has 1 fully saturated rings. The largest absolute Gasteiger partial charge is 0.491 e. The number of halogens is 3. The van der Waals surface area contributed by atoms with Crippen LogP contribution >= 0.6 is 0 Å². The minimum Gasteiger partial charge on any atom is -0.491 e. The number of alkyl halides is 3. The van der Waals surface area contributed by atoms with Crippen molar-refractivity contribution in [3.05, 3.63) is 65.2 Å². The van der Waals surface area contributed by atoms with Crippen LogP contribution < -0.4 is 15.4 Å². The van der Waals surface area contributed by atoms with E-state index in [1.807, 2.05) is 0 Å². The van der Waals surface area contributed by atoms with Crippen molar-refractivity contribution in [2.75, 3.05) is 26.9 Å². The lowest BCUT2D eigenvalue weighted by molar-refractivity contribution is -0.165. The highest BCUT2D eigenvalue weighted by Crippen LogP contribution is 2.29. The maximum Gasteiger partial charge on any atom is 0.416 e. The average Bonchev–Trinajstić information content (AvgIpc) is 2.98. The first-order chi connectivity index (χ1) is 21.2. The number of ether oxygens (including phenoxy) is 5. The topological polar surface area (TPSA) is 121 Å². The van der Waals surface area contributed by atoms with Gasteiger partial charge in [-0.1, -0.05) is 24.3 Å². The highest BCUT2D eigenvalue weighted by Gasteiger charge is 2.32. The molecule has 0 bridgehead atoms. The summed E-state index contributed by atoms with van der Waals surface area (Å²) in [6.07, 6.45) is -2.72. The van der Waals surface area contributed by atoms with Gasteiger partial charge in [0.1, 0.15) is 30.0 Å². The fourth-order valence-electron chi connectivity index (χ4n) is 4.47. The van der Waals surface area contributed by atoms with Crippen LogP contribution in [0.4, 0.5) is 18.0 Å². The van der Waals surface area contributed by atoms with Gasteiger partial charge in [0.15, 0.2) is 6.29 Å². The molecule has 2 aromatic rings. The molecule has 0 radical (unpaired) electrons. The molecule has 1 saturated heterocycles. The molecule has 0 saturated carbocycles. The summed E-state index contributed by atoms with van der Waals surface area (Å²) in [4.78, 5) is 38.6. The van der Waals surface area contributed by atoms with E-state index in [1.165, 1.54) is 12.1 Å². The highest BCUT2D eigenvalue weighted by molar-refractivity contribution is 5.90. The fraction of sp³-hybridized carbons (Fsp3) is 0.531. The maximum absolute atomic E-state index is 13.4. The monoisotopic (exact) mass is 638 g/mol. The van der Waals surface area contributed by atoms with Crippen LogP contribution in [0, 0.1) is 0 Å². The number of hydrogen-bond donors (Lipinski definition) is 2. The Morgan fingerprint density at radius 3 is 2.07 bits per heavy atom. The Morgan fingerprint density at radius 2 is 1.51 bits per heavy atom. The molecule has 0 aromatic heterocycles. The lowest BCUT2D eigenvalue weighted by atomic mass is 10.0. The molecule has 248 valence electrons. The summed E-state index contributed by atoms with van der Waals surface area (Å²) in [7, 11) is 1.13. The summed E-state index contributed by atoms with van der Waals surface area (Å²) < 4.78 is 66.0. The molecule has 0 spiro atoms. The van der Waals surface area contributed by atoms with Crippen LogP contribution in [0.5, 0.6) is 5.75 Å². The van der Waals surface area contributed by atoms with Gasteiger partial charge >= 0.3 is 18.2 Å². The molecule has 10 nitrogen and oxygen atoms in total. The van der Waals surface area contributed by atoms with E-state index >= 15 is 0 Å². The van der Waals surface area contributed by atoms with Gasteiger partial charge in [-0.3, -0.25) is 4.79 Å². The molecule has 2 amide bonds. The molecule has 3 rings (SSSR count). The highest BCUT2D eigenvalue weighted by atomic mass is 19.4. The average molecular weight is 639 g/mol. The molecule has 0 aliphatic carbocycles. The van der Waals surface area contributed by atoms with Gasteiger partial charge < -0.3 is 34.3 Å². The van der Waals surface area contributed by atoms with E-state index in [0.717, 1.165) is 38.5 Å². The van der Waals surface area contributed by atoms with Crippen LogP contribution in [0.25, 0.3) is 0 Å². The lowest BCUT2D eigenvalue weighted by Crippen LogP contribution is -2.53. The molecule has 45 heavy (non-hydrogen) atoms. The molecule has 1 heterocycles. The number of carbonyl (C=O) groups is 3. The molecular weight excluding hydrogens is 597 g/mol. The van der Waals surface area contributed by atoms with E-state index < -0.39 is 47.4 Å². The van der Waals surface area contributed by atoms with E-state index in [-0.39, 0.29) is 19.1 Å². The van der Waals surface area contributed by atoms with Crippen LogP contribution in [0.2, 0.25) is 0 Å². The lowest BCUT2D eigenvalue weighted by Gasteiger charge is -2.25. The molecule has 1 unspecified atom stereocenters. The Hall–Kier alpha value is -3.84. The maximum atomic E-state index is 13.4. The Labute approximate surface area is 260 Å². The van der Waals surface area contributed by atoms with E-state index in [2.05, 4.69) is 10.6 Å². The molecule has 2 N–H and O–H groups in total. The first-order valence-electron chi connectivity index (χ1n) is 14.7. The van der Waals surface area contributed by atoms with E-state index in [1.54, 1.807) is 45.0 Å². The van der Waals surface area contributed by atoms with Crippen LogP contribution in [0.1, 0.15) is 56.7 Å². The second kappa shape index (κ2) is 16.5. The zero-order valence-electron chi connectivity index (χ0n) is 25.9. The Kier molecular flexibility index (Phi) is 13.0. The third-order valence-electron chi connectivity index (χ3n) is 6.69. The third-order valence-corrected chi connectivity index (χ3v) is 6.69. The number of alkyl carbamates (subject to hydrolysis) is 1. The van der Waals surface area contributed by atoms with E-state index in [9.17, 15) is 27.6 Å². The predicted molar refractivity (Wildman–Crippen MR) is 157 cm³/mol. The molecule has 2 aromatic carbocycles. The summed E-state index contributed by atoms with van der Waals surface area (Å²) in [6, 6.07) is 8.73. The standard InChI is InChI=1S/C32H41F3N2O8/c1-31(2,3)45-30(40)37-25(19-22-10-14-24(15-11-22)42-17-18-44-27-7-5-6-16-43-27)28(38)36-26(29(39)41-4)20-21-8-12-23(13-9-21)32(33,34)35/h8-15,25-27H,5-7,16-20H2,1-4H3,(H,36,38)(H,37,40)/t25-,26+,27?/m1/s1. The first kappa shape index (κ1) is 35.6. The van der Waals surface area contributed by atoms with Crippen LogP contribution in [-0.2, 0) is 47.6 Å². The second-order valence-electron chi connectivity index (χ2n) is 11.5. The van der Waals surface area contributed by atoms with Crippen molar-refractivity contribution in [1.82, 2.24) is 10.6 Å². The number of nitrogens with one attached hydrogen (secondary N) is 2. The van der Waals surface area contributed by atoms with Crippen molar-refractivity contribution >= 4 is 18.0 Å².